The predicted molar refractivity (Wildman–Crippen MR) is 137 cm³/mol. The van der Waals surface area contributed by atoms with E-state index in [0.29, 0.717) is 12.1 Å². The number of hydrogen-bond donors (Lipinski definition) is 3. The van der Waals surface area contributed by atoms with Gasteiger partial charge in [-0.05, 0) is 70.8 Å². The second-order valence-corrected chi connectivity index (χ2v) is 8.62. The van der Waals surface area contributed by atoms with Crippen molar-refractivity contribution in [2.45, 2.75) is 71.5 Å². The van der Waals surface area contributed by atoms with Crippen molar-refractivity contribution in [2.24, 2.45) is 4.99 Å². The molecule has 6 nitrogen and oxygen atoms in total. The first-order valence-electron chi connectivity index (χ1n) is 10.9. The van der Waals surface area contributed by atoms with Crippen LogP contribution in [0.3, 0.4) is 0 Å². The van der Waals surface area contributed by atoms with Gasteiger partial charge in [-0.25, -0.2) is 0 Å². The molecule has 0 spiro atoms. The number of halogens is 1. The average Bonchev–Trinajstić information content (AvgIpc) is 2.74. The number of amides is 1. The van der Waals surface area contributed by atoms with Crippen LogP contribution in [-0.4, -0.2) is 55.0 Å². The molecule has 0 radical (unpaired) electrons. The van der Waals surface area contributed by atoms with Crippen molar-refractivity contribution in [2.75, 3.05) is 26.7 Å². The molecule has 1 fully saturated rings. The Morgan fingerprint density at radius 1 is 1.20 bits per heavy atom. The maximum atomic E-state index is 12.4. The number of piperidine rings is 1. The number of rotatable bonds is 8. The van der Waals surface area contributed by atoms with Gasteiger partial charge in [-0.1, -0.05) is 25.5 Å². The fourth-order valence-corrected chi connectivity index (χ4v) is 3.55. The molecule has 0 aromatic heterocycles. The third-order valence-corrected chi connectivity index (χ3v) is 5.76. The zero-order valence-corrected chi connectivity index (χ0v) is 21.6. The van der Waals surface area contributed by atoms with Crippen molar-refractivity contribution in [3.8, 4) is 0 Å². The topological polar surface area (TPSA) is 68.8 Å². The van der Waals surface area contributed by atoms with Crippen molar-refractivity contribution < 1.29 is 4.79 Å². The Morgan fingerprint density at radius 3 is 2.53 bits per heavy atom. The number of carbonyl (C=O) groups is 1. The second-order valence-electron chi connectivity index (χ2n) is 8.62. The Kier molecular flexibility index (Phi) is 11.7. The lowest BCUT2D eigenvalue weighted by Crippen LogP contribution is -2.54. The average molecular weight is 530 g/mol. The fraction of sp³-hybridized carbons (Fsp3) is 0.652. The molecule has 1 aliphatic heterocycles. The summed E-state index contributed by atoms with van der Waals surface area (Å²) in [6, 6.07) is 7.93. The van der Waals surface area contributed by atoms with E-state index in [2.05, 4.69) is 46.6 Å². The standard InChI is InChI=1S/C23H39N5O.HI/c1-6-18(2)27-21(29)20-12-10-11-19(15-20)16-25-22(24-5)26-17-23(3,4)28-13-8-7-9-14-28;/h10-12,15,18H,6-9,13-14,16-17H2,1-5H3,(H,27,29)(H2,24,25,26);1H. The largest absolute Gasteiger partial charge is 0.355 e. The van der Waals surface area contributed by atoms with Gasteiger partial charge in [0.25, 0.3) is 5.91 Å². The SMILES string of the molecule is CCC(C)NC(=O)c1cccc(CNC(=NC)NCC(C)(C)N2CCCCC2)c1.I. The number of nitrogens with one attached hydrogen (secondary N) is 3. The minimum Gasteiger partial charge on any atom is -0.355 e. The zero-order chi connectivity index (χ0) is 21.3. The highest BCUT2D eigenvalue weighted by atomic mass is 127. The van der Waals surface area contributed by atoms with Crippen LogP contribution in [0.2, 0.25) is 0 Å². The van der Waals surface area contributed by atoms with Crippen molar-refractivity contribution in [1.82, 2.24) is 20.9 Å². The van der Waals surface area contributed by atoms with Gasteiger partial charge in [0.1, 0.15) is 0 Å². The van der Waals surface area contributed by atoms with Crippen molar-refractivity contribution in [1.29, 1.82) is 0 Å². The van der Waals surface area contributed by atoms with E-state index < -0.39 is 0 Å². The van der Waals surface area contributed by atoms with Gasteiger partial charge >= 0.3 is 0 Å². The van der Waals surface area contributed by atoms with Crippen LogP contribution in [0.1, 0.15) is 69.3 Å². The summed E-state index contributed by atoms with van der Waals surface area (Å²) >= 11 is 0. The second kappa shape index (κ2) is 13.1. The monoisotopic (exact) mass is 529 g/mol. The maximum Gasteiger partial charge on any atom is 0.251 e. The normalized spacial score (nSPS) is 16.4. The number of guanidine groups is 1. The first-order chi connectivity index (χ1) is 13.9. The minimum absolute atomic E-state index is 0. The van der Waals surface area contributed by atoms with E-state index in [4.69, 9.17) is 0 Å². The summed E-state index contributed by atoms with van der Waals surface area (Å²) in [4.78, 5) is 19.3. The lowest BCUT2D eigenvalue weighted by atomic mass is 9.98. The first kappa shape index (κ1) is 26.7. The smallest absolute Gasteiger partial charge is 0.251 e. The molecule has 1 amide bonds. The van der Waals surface area contributed by atoms with E-state index in [9.17, 15) is 4.79 Å². The van der Waals surface area contributed by atoms with E-state index in [1.54, 1.807) is 7.05 Å². The number of carbonyl (C=O) groups excluding carboxylic acids is 1. The van der Waals surface area contributed by atoms with Crippen LogP contribution in [-0.2, 0) is 6.54 Å². The lowest BCUT2D eigenvalue weighted by Gasteiger charge is -2.41. The van der Waals surface area contributed by atoms with Crippen LogP contribution in [0, 0.1) is 0 Å². The minimum atomic E-state index is -0.0213. The third kappa shape index (κ3) is 8.41. The molecule has 0 saturated carbocycles. The quantitative estimate of drug-likeness (QED) is 0.273. The number of likely N-dealkylation sites (tertiary alicyclic amines) is 1. The molecule has 2 rings (SSSR count). The molecule has 1 aliphatic rings. The summed E-state index contributed by atoms with van der Waals surface area (Å²) in [7, 11) is 1.79. The molecule has 1 saturated heterocycles. The van der Waals surface area contributed by atoms with Gasteiger partial charge < -0.3 is 16.0 Å². The predicted octanol–water partition coefficient (Wildman–Crippen LogP) is 3.76. The summed E-state index contributed by atoms with van der Waals surface area (Å²) in [6.45, 7) is 12.5. The van der Waals surface area contributed by atoms with Crippen LogP contribution in [0.5, 0.6) is 0 Å². The summed E-state index contributed by atoms with van der Waals surface area (Å²) in [6.07, 6.45) is 4.84. The number of benzene rings is 1. The Morgan fingerprint density at radius 2 is 1.90 bits per heavy atom. The molecule has 7 heteroatoms. The molecular formula is C23H40IN5O. The first-order valence-corrected chi connectivity index (χ1v) is 10.9. The maximum absolute atomic E-state index is 12.4. The number of hydrogen-bond acceptors (Lipinski definition) is 3. The molecule has 1 atom stereocenters. The van der Waals surface area contributed by atoms with E-state index >= 15 is 0 Å². The zero-order valence-electron chi connectivity index (χ0n) is 19.3. The Hall–Kier alpha value is -1.35. The number of aliphatic imine (C=N–C) groups is 1. The van der Waals surface area contributed by atoms with Crippen molar-refractivity contribution in [3.05, 3.63) is 35.4 Å². The van der Waals surface area contributed by atoms with Crippen LogP contribution in [0.15, 0.2) is 29.3 Å². The highest BCUT2D eigenvalue weighted by molar-refractivity contribution is 14.0. The molecule has 1 aromatic rings. The van der Waals surface area contributed by atoms with Crippen molar-refractivity contribution >= 4 is 35.8 Å². The molecule has 3 N–H and O–H groups in total. The molecule has 170 valence electrons. The fourth-order valence-electron chi connectivity index (χ4n) is 3.55. The van der Waals surface area contributed by atoms with Gasteiger partial charge in [-0.15, -0.1) is 24.0 Å². The van der Waals surface area contributed by atoms with Gasteiger partial charge in [-0.3, -0.25) is 14.7 Å². The van der Waals surface area contributed by atoms with Crippen LogP contribution in [0.4, 0.5) is 0 Å². The van der Waals surface area contributed by atoms with Gasteiger partial charge in [0.05, 0.1) is 0 Å². The molecule has 1 unspecified atom stereocenters. The van der Waals surface area contributed by atoms with E-state index in [-0.39, 0.29) is 41.5 Å². The highest BCUT2D eigenvalue weighted by Gasteiger charge is 2.27. The van der Waals surface area contributed by atoms with Gasteiger partial charge in [0.15, 0.2) is 5.96 Å². The molecule has 0 bridgehead atoms. The van der Waals surface area contributed by atoms with Gasteiger partial charge in [0, 0.05) is 37.3 Å². The molecule has 0 aliphatic carbocycles. The lowest BCUT2D eigenvalue weighted by molar-refractivity contribution is 0.0939. The van der Waals surface area contributed by atoms with Crippen molar-refractivity contribution in [3.63, 3.8) is 0 Å². The Balaban J connectivity index is 0.00000450. The molecule has 1 heterocycles. The van der Waals surface area contributed by atoms with Crippen LogP contribution < -0.4 is 16.0 Å². The summed E-state index contributed by atoms with van der Waals surface area (Å²) in [5.41, 5.74) is 1.84. The van der Waals surface area contributed by atoms with Gasteiger partial charge in [-0.2, -0.15) is 0 Å². The Labute approximate surface area is 199 Å². The van der Waals surface area contributed by atoms with E-state index in [0.717, 1.165) is 24.5 Å². The van der Waals surface area contributed by atoms with E-state index in [1.807, 2.05) is 31.2 Å². The summed E-state index contributed by atoms with van der Waals surface area (Å²) in [5, 5.41) is 9.85. The van der Waals surface area contributed by atoms with E-state index in [1.165, 1.54) is 32.4 Å². The third-order valence-electron chi connectivity index (χ3n) is 5.76. The molecular weight excluding hydrogens is 489 g/mol. The van der Waals surface area contributed by atoms with Crippen LogP contribution in [0.25, 0.3) is 0 Å². The molecule has 1 aromatic carbocycles. The summed E-state index contributed by atoms with van der Waals surface area (Å²) < 4.78 is 0. The molecule has 30 heavy (non-hydrogen) atoms. The van der Waals surface area contributed by atoms with Gasteiger partial charge in [0.2, 0.25) is 0 Å². The number of nitrogens with zero attached hydrogens (tertiary/aromatic N) is 2. The Bertz CT molecular complexity index is 686. The summed E-state index contributed by atoms with van der Waals surface area (Å²) in [5.74, 6) is 0.761. The van der Waals surface area contributed by atoms with Crippen LogP contribution >= 0.6 is 24.0 Å². The highest BCUT2D eigenvalue weighted by Crippen LogP contribution is 2.19.